The maximum absolute atomic E-state index is 12.2. The summed E-state index contributed by atoms with van der Waals surface area (Å²) in [7, 11) is 0. The summed E-state index contributed by atoms with van der Waals surface area (Å²) < 4.78 is 34.9. The summed E-state index contributed by atoms with van der Waals surface area (Å²) in [5, 5.41) is 2.56. The Morgan fingerprint density at radius 1 is 1.17 bits per heavy atom. The van der Waals surface area contributed by atoms with E-state index >= 15 is 0 Å². The average molecular weight is 421 g/mol. The Labute approximate surface area is 150 Å². The lowest BCUT2D eigenvalue weighted by molar-refractivity contribution is -0.122. The van der Waals surface area contributed by atoms with Gasteiger partial charge in [-0.3, -0.25) is 4.79 Å². The smallest absolute Gasteiger partial charge is 0.387 e. The van der Waals surface area contributed by atoms with Gasteiger partial charge in [-0.05, 0) is 53.2 Å². The van der Waals surface area contributed by atoms with Gasteiger partial charge in [0.05, 0.1) is 9.50 Å². The molecule has 4 nitrogen and oxygen atoms in total. The van der Waals surface area contributed by atoms with E-state index in [9.17, 15) is 13.6 Å². The molecule has 2 rings (SSSR count). The minimum Gasteiger partial charge on any atom is -0.480 e. The Morgan fingerprint density at radius 3 is 2.50 bits per heavy atom. The minimum absolute atomic E-state index is 0.0347. The van der Waals surface area contributed by atoms with Crippen molar-refractivity contribution in [3.63, 3.8) is 0 Å². The molecule has 0 aliphatic heterocycles. The van der Waals surface area contributed by atoms with Crippen molar-refractivity contribution in [3.8, 4) is 11.5 Å². The zero-order valence-electron chi connectivity index (χ0n) is 12.4. The number of amides is 1. The summed E-state index contributed by atoms with van der Waals surface area (Å²) in [6, 6.07) is 11.1. The molecule has 0 heterocycles. The number of nitrogens with one attached hydrogen (secondary N) is 1. The van der Waals surface area contributed by atoms with Gasteiger partial charge >= 0.3 is 6.61 Å². The molecule has 0 saturated carbocycles. The molecular weight excluding hydrogens is 408 g/mol. The molecule has 1 amide bonds. The van der Waals surface area contributed by atoms with E-state index in [2.05, 4.69) is 26.0 Å². The van der Waals surface area contributed by atoms with Crippen LogP contribution in [-0.4, -0.2) is 18.6 Å². The predicted molar refractivity (Wildman–Crippen MR) is 90.9 cm³/mol. The Balaban J connectivity index is 2.01. The summed E-state index contributed by atoms with van der Waals surface area (Å²) in [5.74, 6) is -0.0506. The normalized spacial score (nSPS) is 11.9. The second kappa shape index (κ2) is 8.30. The molecule has 0 fully saturated rings. The van der Waals surface area contributed by atoms with Gasteiger partial charge in [-0.25, -0.2) is 0 Å². The summed E-state index contributed by atoms with van der Waals surface area (Å²) >= 11 is 9.17. The summed E-state index contributed by atoms with van der Waals surface area (Å²) in [4.78, 5) is 12.2. The molecule has 1 N–H and O–H groups in total. The van der Waals surface area contributed by atoms with Crippen LogP contribution in [0.3, 0.4) is 0 Å². The molecule has 0 aliphatic rings. The van der Waals surface area contributed by atoms with E-state index in [0.29, 0.717) is 11.4 Å². The molecule has 0 bridgehead atoms. The van der Waals surface area contributed by atoms with Crippen molar-refractivity contribution in [2.45, 2.75) is 19.6 Å². The highest BCUT2D eigenvalue weighted by Gasteiger charge is 2.17. The first kappa shape index (κ1) is 18.5. The molecular formula is C16H13BrClF2NO3. The Bertz CT molecular complexity index is 730. The largest absolute Gasteiger partial charge is 0.480 e. The number of para-hydroxylation sites is 1. The fourth-order valence-corrected chi connectivity index (χ4v) is 2.40. The first-order chi connectivity index (χ1) is 11.4. The molecule has 0 spiro atoms. The van der Waals surface area contributed by atoms with E-state index in [-0.39, 0.29) is 10.8 Å². The standard InChI is InChI=1S/C16H13BrClF2NO3/c1-9(23-13-5-3-2-4-11(13)17)15(22)21-10-6-7-14(12(18)8-10)24-16(19)20/h2-9,16H,1H3,(H,21,22). The second-order valence-electron chi connectivity index (χ2n) is 4.70. The Hall–Kier alpha value is -1.86. The van der Waals surface area contributed by atoms with E-state index in [0.717, 1.165) is 4.47 Å². The van der Waals surface area contributed by atoms with Gasteiger partial charge in [0, 0.05) is 5.69 Å². The van der Waals surface area contributed by atoms with Gasteiger partial charge in [0.2, 0.25) is 0 Å². The van der Waals surface area contributed by atoms with Crippen LogP contribution in [0.1, 0.15) is 6.92 Å². The molecule has 1 unspecified atom stereocenters. The average Bonchev–Trinajstić information content (AvgIpc) is 2.52. The van der Waals surface area contributed by atoms with Crippen molar-refractivity contribution < 1.29 is 23.0 Å². The maximum atomic E-state index is 12.2. The monoisotopic (exact) mass is 419 g/mol. The first-order valence-electron chi connectivity index (χ1n) is 6.83. The van der Waals surface area contributed by atoms with Crippen molar-refractivity contribution in [3.05, 3.63) is 52.0 Å². The first-order valence-corrected chi connectivity index (χ1v) is 8.00. The number of halogens is 4. The third kappa shape index (κ3) is 5.07. The lowest BCUT2D eigenvalue weighted by atomic mass is 10.2. The number of rotatable bonds is 6. The second-order valence-corrected chi connectivity index (χ2v) is 5.96. The van der Waals surface area contributed by atoms with Gasteiger partial charge in [-0.2, -0.15) is 8.78 Å². The number of anilines is 1. The molecule has 0 aliphatic carbocycles. The molecule has 128 valence electrons. The number of alkyl halides is 2. The lowest BCUT2D eigenvalue weighted by Crippen LogP contribution is -2.30. The van der Waals surface area contributed by atoms with E-state index < -0.39 is 18.6 Å². The molecule has 0 radical (unpaired) electrons. The van der Waals surface area contributed by atoms with Crippen molar-refractivity contribution in [1.29, 1.82) is 0 Å². The molecule has 2 aromatic carbocycles. The number of carbonyl (C=O) groups excluding carboxylic acids is 1. The van der Waals surface area contributed by atoms with Gasteiger partial charge in [0.15, 0.2) is 6.10 Å². The highest BCUT2D eigenvalue weighted by atomic mass is 79.9. The van der Waals surface area contributed by atoms with Gasteiger partial charge < -0.3 is 14.8 Å². The van der Waals surface area contributed by atoms with Crippen LogP contribution < -0.4 is 14.8 Å². The fourth-order valence-electron chi connectivity index (χ4n) is 1.80. The molecule has 24 heavy (non-hydrogen) atoms. The van der Waals surface area contributed by atoms with Crippen LogP contribution in [0.15, 0.2) is 46.9 Å². The third-order valence-electron chi connectivity index (χ3n) is 2.93. The zero-order chi connectivity index (χ0) is 17.7. The van der Waals surface area contributed by atoms with E-state index in [4.69, 9.17) is 16.3 Å². The van der Waals surface area contributed by atoms with E-state index in [1.807, 2.05) is 6.07 Å². The van der Waals surface area contributed by atoms with Crippen LogP contribution in [0.5, 0.6) is 11.5 Å². The lowest BCUT2D eigenvalue weighted by Gasteiger charge is -2.16. The van der Waals surface area contributed by atoms with Crippen molar-refractivity contribution in [2.24, 2.45) is 0 Å². The van der Waals surface area contributed by atoms with Gasteiger partial charge in [0.25, 0.3) is 5.91 Å². The summed E-state index contributed by atoms with van der Waals surface area (Å²) in [6.45, 7) is -1.38. The van der Waals surface area contributed by atoms with Crippen LogP contribution in [0.2, 0.25) is 5.02 Å². The van der Waals surface area contributed by atoms with E-state index in [1.165, 1.54) is 18.2 Å². The van der Waals surface area contributed by atoms with Crippen LogP contribution in [0.4, 0.5) is 14.5 Å². The van der Waals surface area contributed by atoms with Gasteiger partial charge in [0.1, 0.15) is 11.5 Å². The highest BCUT2D eigenvalue weighted by Crippen LogP contribution is 2.29. The summed E-state index contributed by atoms with van der Waals surface area (Å²) in [6.07, 6.45) is -0.778. The number of ether oxygens (including phenoxy) is 2. The quantitative estimate of drug-likeness (QED) is 0.706. The number of benzene rings is 2. The van der Waals surface area contributed by atoms with Crippen LogP contribution in [0.25, 0.3) is 0 Å². The molecule has 2 aromatic rings. The van der Waals surface area contributed by atoms with E-state index in [1.54, 1.807) is 25.1 Å². The van der Waals surface area contributed by atoms with Crippen LogP contribution in [0, 0.1) is 0 Å². The van der Waals surface area contributed by atoms with Crippen molar-refractivity contribution >= 4 is 39.1 Å². The van der Waals surface area contributed by atoms with Crippen molar-refractivity contribution in [2.75, 3.05) is 5.32 Å². The molecule has 1 atom stereocenters. The SMILES string of the molecule is CC(Oc1ccccc1Br)C(=O)Nc1ccc(OC(F)F)c(Cl)c1. The fraction of sp³-hybridized carbons (Fsp3) is 0.188. The van der Waals surface area contributed by atoms with Gasteiger partial charge in [-0.15, -0.1) is 0 Å². The molecule has 0 aromatic heterocycles. The molecule has 8 heteroatoms. The summed E-state index contributed by atoms with van der Waals surface area (Å²) in [5.41, 5.74) is 0.342. The molecule has 0 saturated heterocycles. The third-order valence-corrected chi connectivity index (χ3v) is 3.88. The minimum atomic E-state index is -2.97. The van der Waals surface area contributed by atoms with Crippen LogP contribution in [-0.2, 0) is 4.79 Å². The van der Waals surface area contributed by atoms with Gasteiger partial charge in [-0.1, -0.05) is 23.7 Å². The topological polar surface area (TPSA) is 47.6 Å². The predicted octanol–water partition coefficient (Wildman–Crippen LogP) is 5.11. The Kier molecular flexibility index (Phi) is 6.39. The van der Waals surface area contributed by atoms with Crippen LogP contribution >= 0.6 is 27.5 Å². The highest BCUT2D eigenvalue weighted by molar-refractivity contribution is 9.10. The maximum Gasteiger partial charge on any atom is 0.387 e. The number of carbonyl (C=O) groups is 1. The number of hydrogen-bond acceptors (Lipinski definition) is 3. The Morgan fingerprint density at radius 2 is 1.88 bits per heavy atom. The zero-order valence-corrected chi connectivity index (χ0v) is 14.8. The van der Waals surface area contributed by atoms with Crippen molar-refractivity contribution in [1.82, 2.24) is 0 Å². The number of hydrogen-bond donors (Lipinski definition) is 1.